The summed E-state index contributed by atoms with van der Waals surface area (Å²) in [5.74, 6) is 5.23. The fourth-order valence-electron chi connectivity index (χ4n) is 20.0. The molecule has 22 heteroatoms. The highest BCUT2D eigenvalue weighted by Crippen LogP contribution is 2.44. The van der Waals surface area contributed by atoms with E-state index in [0.29, 0.717) is 89.6 Å². The number of carbonyl (C=O) groups is 3. The molecule has 15 rings (SSSR count). The minimum Gasteiger partial charge on any atom is -0.393 e. The Labute approximate surface area is 637 Å². The lowest BCUT2D eigenvalue weighted by molar-refractivity contribution is -0.138. The summed E-state index contributed by atoms with van der Waals surface area (Å²) in [5.41, 5.74) is 7.07. The first kappa shape index (κ1) is 78.6. The predicted octanol–water partition coefficient (Wildman–Crippen LogP) is 15.4. The third-order valence-corrected chi connectivity index (χ3v) is 26.4. The van der Waals surface area contributed by atoms with Crippen molar-refractivity contribution in [3.05, 3.63) is 53.9 Å². The number of rotatable bonds is 21. The highest BCUT2D eigenvalue weighted by Gasteiger charge is 2.38. The van der Waals surface area contributed by atoms with Crippen LogP contribution in [0, 0.1) is 17.8 Å². The minimum absolute atomic E-state index is 0.170. The second-order valence-corrected chi connectivity index (χ2v) is 34.5. The van der Waals surface area contributed by atoms with Crippen LogP contribution in [0.4, 0.5) is 17.8 Å². The molecule has 9 fully saturated rings. The molecular formula is C85H132N16O6. The molecule has 22 nitrogen and oxygen atoms in total. The van der Waals surface area contributed by atoms with Gasteiger partial charge >= 0.3 is 0 Å². The third kappa shape index (κ3) is 19.3. The van der Waals surface area contributed by atoms with Gasteiger partial charge in [-0.1, -0.05) is 72.1 Å². The molecule has 0 bridgehead atoms. The minimum atomic E-state index is -0.175. The van der Waals surface area contributed by atoms with Gasteiger partial charge in [-0.25, -0.2) is 15.0 Å². The van der Waals surface area contributed by atoms with Crippen molar-refractivity contribution in [3.63, 3.8) is 0 Å². The number of likely N-dealkylation sites (tertiary alicyclic amines) is 4. The summed E-state index contributed by atoms with van der Waals surface area (Å²) in [7, 11) is 2.11. The zero-order chi connectivity index (χ0) is 74.7. The third-order valence-electron chi connectivity index (χ3n) is 26.4. The Morgan fingerprint density at radius 2 is 0.682 bits per heavy atom. The van der Waals surface area contributed by atoms with Gasteiger partial charge in [0.15, 0.2) is 0 Å². The number of nitrogens with zero attached hydrogens (tertiary/aromatic N) is 13. The maximum absolute atomic E-state index is 13.1. The van der Waals surface area contributed by atoms with Gasteiger partial charge in [-0.15, -0.1) is 0 Å². The topological polar surface area (TPSA) is 253 Å². The van der Waals surface area contributed by atoms with Gasteiger partial charge in [0.25, 0.3) is 0 Å². The summed E-state index contributed by atoms with van der Waals surface area (Å²) in [6, 6.07) is 2.11. The van der Waals surface area contributed by atoms with Gasteiger partial charge in [0.2, 0.25) is 35.6 Å². The van der Waals surface area contributed by atoms with E-state index >= 15 is 0 Å². The maximum atomic E-state index is 13.1. The number of nitrogens with one attached hydrogen (secondary N) is 3. The van der Waals surface area contributed by atoms with E-state index < -0.39 is 0 Å². The Kier molecular flexibility index (Phi) is 27.2. The normalized spacial score (nSPS) is 25.9. The van der Waals surface area contributed by atoms with E-state index in [1.807, 2.05) is 18.6 Å². The van der Waals surface area contributed by atoms with Gasteiger partial charge in [0.1, 0.15) is 16.9 Å². The second kappa shape index (κ2) is 37.0. The van der Waals surface area contributed by atoms with E-state index in [-0.39, 0.29) is 36.1 Å². The first-order valence-electron chi connectivity index (χ1n) is 43.0. The van der Waals surface area contributed by atoms with E-state index in [4.69, 9.17) is 29.9 Å². The predicted molar refractivity (Wildman–Crippen MR) is 427 cm³/mol. The van der Waals surface area contributed by atoms with Crippen molar-refractivity contribution in [2.75, 3.05) is 75.4 Å². The summed E-state index contributed by atoms with van der Waals surface area (Å²) in [6.45, 7) is 20.2. The van der Waals surface area contributed by atoms with Crippen LogP contribution in [-0.4, -0.2) is 192 Å². The van der Waals surface area contributed by atoms with Crippen LogP contribution in [0.1, 0.15) is 312 Å². The molecule has 0 aromatic carbocycles. The van der Waals surface area contributed by atoms with Crippen molar-refractivity contribution in [1.29, 1.82) is 0 Å². The summed E-state index contributed by atoms with van der Waals surface area (Å²) in [6.07, 6.45) is 47.6. The lowest BCUT2D eigenvalue weighted by Gasteiger charge is -2.35. The number of fused-ring (bicyclic) bond motifs is 3. The molecular weight excluding hydrogens is 1340 g/mol. The van der Waals surface area contributed by atoms with E-state index in [9.17, 15) is 29.7 Å². The molecule has 3 amide bonds. The SMILES string of the molecule is CCC[C@H](C)Nc1ncc2c(C3CCN(C(=O)C4CCCC4)CC3)cn(C3CCC(O)CC3)c2n1.CCC[C@H](C)Nc1ncc2c(C3CCN(C(=O)C4CCCCC4)CC3)cn(C3CCC(O)CC3)c2n1.CCC[C@H](C)Nc1ncc2c(C3CCN(C(=O)C4CCN(C)C4)CC3)cn(C3CCC(O)CC3)c2n1. The Morgan fingerprint density at radius 1 is 0.393 bits per heavy atom. The number of hydrogen-bond donors (Lipinski definition) is 6. The molecule has 10 heterocycles. The zero-order valence-electron chi connectivity index (χ0n) is 66.2. The van der Waals surface area contributed by atoms with Crippen molar-refractivity contribution in [2.24, 2.45) is 17.8 Å². The number of aliphatic hydroxyl groups is 3. The summed E-state index contributed by atoms with van der Waals surface area (Å²) in [5, 5.41) is 44.1. The van der Waals surface area contributed by atoms with Crippen LogP contribution in [-0.2, 0) is 14.4 Å². The fraction of sp³-hybridized carbons (Fsp3) is 0.753. The van der Waals surface area contributed by atoms with Gasteiger partial charge < -0.3 is 64.6 Å². The molecule has 5 saturated carbocycles. The number of aliphatic hydroxyl groups excluding tert-OH is 3. The van der Waals surface area contributed by atoms with E-state index in [0.717, 1.165) is 272 Å². The molecule has 1 unspecified atom stereocenters. The largest absolute Gasteiger partial charge is 0.393 e. The maximum Gasteiger partial charge on any atom is 0.227 e. The van der Waals surface area contributed by atoms with Crippen LogP contribution in [0.3, 0.4) is 0 Å². The Hall–Kier alpha value is -6.49. The summed E-state index contributed by atoms with van der Waals surface area (Å²) < 4.78 is 7.14. The van der Waals surface area contributed by atoms with Gasteiger partial charge in [-0.3, -0.25) is 14.4 Å². The van der Waals surface area contributed by atoms with E-state index in [2.05, 4.69) is 116 Å². The van der Waals surface area contributed by atoms with Crippen LogP contribution in [0.2, 0.25) is 0 Å². The molecule has 6 aromatic rings. The highest BCUT2D eigenvalue weighted by molar-refractivity contribution is 5.85. The number of piperidine rings is 3. The number of amides is 3. The van der Waals surface area contributed by atoms with Crippen molar-refractivity contribution >= 4 is 68.7 Å². The molecule has 6 N–H and O–H groups in total. The van der Waals surface area contributed by atoms with Crippen molar-refractivity contribution < 1.29 is 29.7 Å². The molecule has 107 heavy (non-hydrogen) atoms. The average Bonchev–Trinajstić information content (AvgIpc) is 1.63. The highest BCUT2D eigenvalue weighted by atomic mass is 16.3. The van der Waals surface area contributed by atoms with Gasteiger partial charge in [0.05, 0.1) is 24.2 Å². The van der Waals surface area contributed by atoms with Crippen molar-refractivity contribution in [3.8, 4) is 0 Å². The number of anilines is 3. The molecule has 588 valence electrons. The lowest BCUT2D eigenvalue weighted by Crippen LogP contribution is -2.42. The van der Waals surface area contributed by atoms with Gasteiger partial charge in [-0.05, 0) is 236 Å². The van der Waals surface area contributed by atoms with Crippen molar-refractivity contribution in [1.82, 2.24) is 63.2 Å². The molecule has 4 aliphatic heterocycles. The van der Waals surface area contributed by atoms with Crippen LogP contribution in [0.15, 0.2) is 37.2 Å². The van der Waals surface area contributed by atoms with Gasteiger partial charge in [0, 0.05) is 147 Å². The van der Waals surface area contributed by atoms with Crippen LogP contribution in [0.5, 0.6) is 0 Å². The Bertz CT molecular complexity index is 3680. The summed E-state index contributed by atoms with van der Waals surface area (Å²) in [4.78, 5) is 76.9. The standard InChI is InChI=1S/C29H45N5O2.C28H44N6O2.C28H43N5O2/c1-3-7-20(2)31-29-30-18-25-26(19-34(27(25)32-29)23-10-12-24(35)13-11-23)21-14-16-33(17-15-21)28(36)22-8-5-4-6-9-22;1-4-5-19(2)30-28-29-16-24-25(18-34(26(24)31-28)22-6-8-23(35)9-7-22)20-11-14-33(15-12-20)27(36)21-10-13-32(3)17-21;1-3-6-19(2)30-28-29-17-24-25(18-33(26(24)31-28)22-9-11-23(34)12-10-22)20-13-15-32(16-14-20)27(35)21-7-4-5-8-21/h18-24,35H,3-17H2,1-2H3,(H,30,31,32);16,18-23,35H,4-15,17H2,1-3H3,(H,29,30,31);17-23,34H,3-16H2,1-2H3,(H,29,30,31)/t20-,23?,24?;19-,21?,22?,23?;19-,22?,23?/m000/s1. The monoisotopic (exact) mass is 1470 g/mol. The fourth-order valence-corrected chi connectivity index (χ4v) is 20.0. The molecule has 4 saturated heterocycles. The molecule has 9 aliphatic rings. The number of carbonyl (C=O) groups excluding carboxylic acids is 3. The zero-order valence-corrected chi connectivity index (χ0v) is 66.2. The van der Waals surface area contributed by atoms with Gasteiger partial charge in [-0.2, -0.15) is 15.0 Å². The summed E-state index contributed by atoms with van der Waals surface area (Å²) >= 11 is 0. The van der Waals surface area contributed by atoms with Crippen LogP contribution in [0.25, 0.3) is 33.1 Å². The van der Waals surface area contributed by atoms with Crippen LogP contribution < -0.4 is 16.0 Å². The molecule has 4 atom stereocenters. The molecule has 5 aliphatic carbocycles. The van der Waals surface area contributed by atoms with E-state index in [1.165, 1.54) is 48.8 Å². The first-order valence-corrected chi connectivity index (χ1v) is 43.0. The molecule has 0 radical (unpaired) electrons. The lowest BCUT2D eigenvalue weighted by atomic mass is 9.86. The second-order valence-electron chi connectivity index (χ2n) is 34.5. The smallest absolute Gasteiger partial charge is 0.227 e. The first-order chi connectivity index (χ1) is 52.0. The van der Waals surface area contributed by atoms with Crippen LogP contribution >= 0.6 is 0 Å². The Morgan fingerprint density at radius 3 is 0.963 bits per heavy atom. The molecule has 6 aromatic heterocycles. The molecule has 0 spiro atoms. The van der Waals surface area contributed by atoms with Crippen molar-refractivity contribution in [2.45, 2.75) is 332 Å². The van der Waals surface area contributed by atoms with E-state index in [1.54, 1.807) is 0 Å². The quantitative estimate of drug-likeness (QED) is 0.0392. The number of hydrogen-bond acceptors (Lipinski definition) is 16. The Balaban J connectivity index is 0.000000142. The average molecular weight is 1470 g/mol. The number of aromatic nitrogens is 9.